The highest BCUT2D eigenvalue weighted by molar-refractivity contribution is 8.00. The molecular weight excluding hydrogens is 285 g/mol. The largest absolute Gasteiger partial charge is 0.354 e. The van der Waals surface area contributed by atoms with Crippen LogP contribution in [0.25, 0.3) is 0 Å². The number of rotatable bonds is 3. The average Bonchev–Trinajstić information content (AvgIpc) is 2.34. The third-order valence-electron chi connectivity index (χ3n) is 3.44. The second-order valence-corrected chi connectivity index (χ2v) is 8.78. The third-order valence-corrected chi connectivity index (χ3v) is 4.67. The molecule has 118 valence electrons. The summed E-state index contributed by atoms with van der Waals surface area (Å²) in [5.74, 6) is 0.657. The van der Waals surface area contributed by atoms with Crippen LogP contribution in [0.3, 0.4) is 0 Å². The molecule has 2 atom stereocenters. The van der Waals surface area contributed by atoms with Crippen molar-refractivity contribution >= 4 is 17.6 Å². The van der Waals surface area contributed by atoms with E-state index in [2.05, 4.69) is 49.8 Å². The van der Waals surface area contributed by atoms with Crippen LogP contribution in [0.5, 0.6) is 0 Å². The van der Waals surface area contributed by atoms with Crippen molar-refractivity contribution in [1.82, 2.24) is 10.3 Å². The van der Waals surface area contributed by atoms with Crippen LogP contribution in [0.2, 0.25) is 0 Å². The maximum absolute atomic E-state index is 13.6. The van der Waals surface area contributed by atoms with Crippen LogP contribution >= 0.6 is 11.8 Å². The highest BCUT2D eigenvalue weighted by atomic mass is 32.2. The molecule has 1 aromatic heterocycles. The van der Waals surface area contributed by atoms with Gasteiger partial charge in [0.15, 0.2) is 0 Å². The molecule has 2 unspecified atom stereocenters. The Kier molecular flexibility index (Phi) is 5.15. The van der Waals surface area contributed by atoms with Gasteiger partial charge in [0.2, 0.25) is 0 Å². The minimum absolute atomic E-state index is 0.00191. The number of nitrogens with one attached hydrogen (secondary N) is 1. The number of pyridine rings is 1. The lowest BCUT2D eigenvalue weighted by atomic mass is 10.1. The zero-order valence-corrected chi connectivity index (χ0v) is 14.4. The first-order valence-electron chi connectivity index (χ1n) is 7.54. The molecule has 21 heavy (non-hydrogen) atoms. The molecule has 0 aliphatic carbocycles. The average molecular weight is 311 g/mol. The summed E-state index contributed by atoms with van der Waals surface area (Å²) < 4.78 is 13.6. The van der Waals surface area contributed by atoms with E-state index in [1.165, 1.54) is 6.20 Å². The van der Waals surface area contributed by atoms with E-state index in [0.717, 1.165) is 24.5 Å². The molecule has 1 aliphatic rings. The van der Waals surface area contributed by atoms with Gasteiger partial charge >= 0.3 is 0 Å². The van der Waals surface area contributed by atoms with Gasteiger partial charge in [-0.1, -0.05) is 13.8 Å². The van der Waals surface area contributed by atoms with E-state index in [9.17, 15) is 4.39 Å². The number of anilines is 1. The third kappa shape index (κ3) is 4.85. The van der Waals surface area contributed by atoms with Crippen molar-refractivity contribution in [3.05, 3.63) is 23.6 Å². The first-order chi connectivity index (χ1) is 9.74. The Labute approximate surface area is 131 Å². The molecule has 5 heteroatoms. The van der Waals surface area contributed by atoms with Crippen LogP contribution < -0.4 is 10.2 Å². The van der Waals surface area contributed by atoms with Gasteiger partial charge in [0.1, 0.15) is 11.6 Å². The number of thioether (sulfide) groups is 1. The maximum Gasteiger partial charge on any atom is 0.141 e. The fraction of sp³-hybridized carbons (Fsp3) is 0.688. The van der Waals surface area contributed by atoms with E-state index < -0.39 is 0 Å². The first kappa shape index (κ1) is 16.6. The Morgan fingerprint density at radius 2 is 1.95 bits per heavy atom. The lowest BCUT2D eigenvalue weighted by Gasteiger charge is -2.36. The standard InChI is InChI=1S/C16H26FN3S/c1-11-9-20(10-12(2)21-11)15-13(6-14(17)8-18-15)7-19-16(3,4)5/h6,8,11-12,19H,7,9-10H2,1-5H3. The molecule has 0 radical (unpaired) electrons. The van der Waals surface area contributed by atoms with Crippen molar-refractivity contribution in [2.24, 2.45) is 0 Å². The number of halogens is 1. The second-order valence-electron chi connectivity index (χ2n) is 6.90. The van der Waals surface area contributed by atoms with Crippen LogP contribution in [-0.4, -0.2) is 34.1 Å². The van der Waals surface area contributed by atoms with Crippen molar-refractivity contribution in [2.45, 2.75) is 57.2 Å². The summed E-state index contributed by atoms with van der Waals surface area (Å²) in [5.41, 5.74) is 0.943. The number of nitrogens with zero attached hydrogens (tertiary/aromatic N) is 2. The molecule has 2 heterocycles. The van der Waals surface area contributed by atoms with E-state index >= 15 is 0 Å². The number of hydrogen-bond acceptors (Lipinski definition) is 4. The maximum atomic E-state index is 13.6. The van der Waals surface area contributed by atoms with E-state index in [4.69, 9.17) is 0 Å². The Morgan fingerprint density at radius 1 is 1.33 bits per heavy atom. The molecule has 1 aromatic rings. The summed E-state index contributed by atoms with van der Waals surface area (Å²) >= 11 is 2.01. The van der Waals surface area contributed by atoms with Gasteiger partial charge in [0, 0.05) is 41.2 Å². The Morgan fingerprint density at radius 3 is 2.52 bits per heavy atom. The van der Waals surface area contributed by atoms with Crippen LogP contribution in [0, 0.1) is 5.82 Å². The van der Waals surface area contributed by atoms with Crippen molar-refractivity contribution < 1.29 is 4.39 Å². The monoisotopic (exact) mass is 311 g/mol. The minimum atomic E-state index is -0.267. The van der Waals surface area contributed by atoms with Gasteiger partial charge in [-0.2, -0.15) is 11.8 Å². The quantitative estimate of drug-likeness (QED) is 0.925. The molecule has 1 aliphatic heterocycles. The van der Waals surface area contributed by atoms with E-state index in [-0.39, 0.29) is 11.4 Å². The van der Waals surface area contributed by atoms with Crippen molar-refractivity contribution in [3.8, 4) is 0 Å². The van der Waals surface area contributed by atoms with Gasteiger partial charge in [-0.25, -0.2) is 9.37 Å². The van der Waals surface area contributed by atoms with Gasteiger partial charge in [-0.15, -0.1) is 0 Å². The van der Waals surface area contributed by atoms with Gasteiger partial charge in [-0.05, 0) is 26.8 Å². The molecule has 0 bridgehead atoms. The Hall–Kier alpha value is -0.810. The normalized spacial score (nSPS) is 23.4. The van der Waals surface area contributed by atoms with Gasteiger partial charge in [0.05, 0.1) is 6.20 Å². The molecule has 1 N–H and O–H groups in total. The van der Waals surface area contributed by atoms with E-state index in [1.807, 2.05) is 11.8 Å². The topological polar surface area (TPSA) is 28.2 Å². The fourth-order valence-electron chi connectivity index (χ4n) is 2.60. The van der Waals surface area contributed by atoms with Crippen LogP contribution in [0.4, 0.5) is 10.2 Å². The van der Waals surface area contributed by atoms with Crippen molar-refractivity contribution in [2.75, 3.05) is 18.0 Å². The Balaban J connectivity index is 2.21. The highest BCUT2D eigenvalue weighted by Gasteiger charge is 2.25. The van der Waals surface area contributed by atoms with Crippen LogP contribution in [0.1, 0.15) is 40.2 Å². The van der Waals surface area contributed by atoms with Crippen molar-refractivity contribution in [1.29, 1.82) is 0 Å². The molecular formula is C16H26FN3S. The molecule has 0 aromatic carbocycles. The molecule has 3 nitrogen and oxygen atoms in total. The van der Waals surface area contributed by atoms with Gasteiger partial charge in [-0.3, -0.25) is 0 Å². The zero-order valence-electron chi connectivity index (χ0n) is 13.6. The summed E-state index contributed by atoms with van der Waals surface area (Å²) in [7, 11) is 0. The summed E-state index contributed by atoms with van der Waals surface area (Å²) in [6.45, 7) is 13.4. The van der Waals surface area contributed by atoms with Crippen molar-refractivity contribution in [3.63, 3.8) is 0 Å². The fourth-order valence-corrected chi connectivity index (χ4v) is 3.93. The lowest BCUT2D eigenvalue weighted by Crippen LogP contribution is -2.42. The molecule has 1 fully saturated rings. The summed E-state index contributed by atoms with van der Waals surface area (Å²) in [6, 6.07) is 1.61. The predicted molar refractivity (Wildman–Crippen MR) is 89.5 cm³/mol. The van der Waals surface area contributed by atoms with E-state index in [1.54, 1.807) is 6.07 Å². The second kappa shape index (κ2) is 6.53. The van der Waals surface area contributed by atoms with Gasteiger partial charge < -0.3 is 10.2 Å². The first-order valence-corrected chi connectivity index (χ1v) is 8.49. The zero-order chi connectivity index (χ0) is 15.6. The van der Waals surface area contributed by atoms with Gasteiger partial charge in [0.25, 0.3) is 0 Å². The predicted octanol–water partition coefficient (Wildman–Crippen LogP) is 3.44. The molecule has 0 saturated carbocycles. The summed E-state index contributed by atoms with van der Waals surface area (Å²) in [4.78, 5) is 6.67. The Bertz CT molecular complexity index is 477. The smallest absolute Gasteiger partial charge is 0.141 e. The molecule has 1 saturated heterocycles. The molecule has 0 spiro atoms. The van der Waals surface area contributed by atoms with Crippen LogP contribution in [-0.2, 0) is 6.54 Å². The molecule has 2 rings (SSSR count). The SMILES string of the molecule is CC1CN(c2ncc(F)cc2CNC(C)(C)C)CC(C)S1. The number of hydrogen-bond donors (Lipinski definition) is 1. The van der Waals surface area contributed by atoms with E-state index in [0.29, 0.717) is 17.0 Å². The number of aromatic nitrogens is 1. The van der Waals surface area contributed by atoms with Crippen LogP contribution in [0.15, 0.2) is 12.3 Å². The lowest BCUT2D eigenvalue weighted by molar-refractivity contribution is 0.423. The molecule has 0 amide bonds. The summed E-state index contributed by atoms with van der Waals surface area (Å²) in [6.07, 6.45) is 1.33. The highest BCUT2D eigenvalue weighted by Crippen LogP contribution is 2.29. The minimum Gasteiger partial charge on any atom is -0.354 e. The summed E-state index contributed by atoms with van der Waals surface area (Å²) in [5, 5.41) is 4.58.